The molecule has 0 radical (unpaired) electrons. The minimum atomic E-state index is -1.56. The van der Waals surface area contributed by atoms with Gasteiger partial charge >= 0.3 is 0 Å². The lowest BCUT2D eigenvalue weighted by Gasteiger charge is -2.27. The maximum atomic E-state index is 9.09. The number of aliphatic hydroxyl groups excluding tert-OH is 1. The van der Waals surface area contributed by atoms with E-state index in [9.17, 15) is 0 Å². The number of aliphatic hydroxyl groups is 2. The molecular weight excluding hydrogens is 122 g/mol. The molecule has 9 heavy (non-hydrogen) atoms. The van der Waals surface area contributed by atoms with E-state index in [0.717, 1.165) is 0 Å². The van der Waals surface area contributed by atoms with E-state index in [0.29, 0.717) is 0 Å². The molecule has 0 aromatic heterocycles. The average molecular weight is 135 g/mol. The molecule has 0 rings (SSSR count). The predicted octanol–water partition coefficient (Wildman–Crippen LogP) is -0.555. The monoisotopic (exact) mass is 135 g/mol. The van der Waals surface area contributed by atoms with Gasteiger partial charge in [-0.15, -0.1) is 0 Å². The fourth-order valence-electron chi connectivity index (χ4n) is 0.468. The van der Waals surface area contributed by atoms with Crippen LogP contribution in [0.4, 0.5) is 0 Å². The van der Waals surface area contributed by atoms with Crippen LogP contribution in [0.15, 0.2) is 0 Å². The highest BCUT2D eigenvalue weighted by atomic mass is 16.5. The Balaban J connectivity index is 3.92. The molecule has 0 heterocycles. The number of hydrogen-bond acceptors (Lipinski definition) is 4. The molecule has 0 aliphatic rings. The third-order valence-corrected chi connectivity index (χ3v) is 1.42. The zero-order valence-corrected chi connectivity index (χ0v) is 5.63. The van der Waals surface area contributed by atoms with Crippen LogP contribution in [0.25, 0.3) is 0 Å². The predicted molar refractivity (Wildman–Crippen MR) is 31.8 cm³/mol. The molecule has 0 spiro atoms. The van der Waals surface area contributed by atoms with Gasteiger partial charge in [-0.2, -0.15) is 5.48 Å². The first-order chi connectivity index (χ1) is 4.06. The number of nitrogens with one attached hydrogen (secondary N) is 1. The summed E-state index contributed by atoms with van der Waals surface area (Å²) in [6.07, 6.45) is -0.728. The van der Waals surface area contributed by atoms with Gasteiger partial charge in [0, 0.05) is 0 Å². The summed E-state index contributed by atoms with van der Waals surface area (Å²) in [7, 11) is 0. The SMILES string of the molecule is CCC(O)(NO)C(C)O. The molecule has 0 saturated carbocycles. The molecule has 4 heteroatoms. The third-order valence-electron chi connectivity index (χ3n) is 1.42. The quantitative estimate of drug-likeness (QED) is 0.309. The molecule has 2 atom stereocenters. The van der Waals surface area contributed by atoms with Crippen LogP contribution >= 0.6 is 0 Å². The van der Waals surface area contributed by atoms with Gasteiger partial charge < -0.3 is 15.4 Å². The van der Waals surface area contributed by atoms with Gasteiger partial charge in [0.15, 0.2) is 5.72 Å². The Hall–Kier alpha value is -0.160. The molecule has 0 bridgehead atoms. The summed E-state index contributed by atoms with van der Waals surface area (Å²) < 4.78 is 0. The van der Waals surface area contributed by atoms with Crippen LogP contribution in [0, 0.1) is 0 Å². The molecule has 4 N–H and O–H groups in total. The van der Waals surface area contributed by atoms with E-state index in [1.807, 2.05) is 0 Å². The summed E-state index contributed by atoms with van der Waals surface area (Å²) in [5, 5.41) is 26.2. The zero-order chi connectivity index (χ0) is 7.49. The van der Waals surface area contributed by atoms with Crippen LogP contribution < -0.4 is 5.48 Å². The summed E-state index contributed by atoms with van der Waals surface area (Å²) in [5.74, 6) is 0. The normalized spacial score (nSPS) is 21.0. The van der Waals surface area contributed by atoms with E-state index < -0.39 is 11.8 Å². The second-order valence-corrected chi connectivity index (χ2v) is 2.07. The van der Waals surface area contributed by atoms with Crippen molar-refractivity contribution in [3.05, 3.63) is 0 Å². The van der Waals surface area contributed by atoms with Gasteiger partial charge in [0.05, 0.1) is 6.10 Å². The van der Waals surface area contributed by atoms with E-state index in [1.54, 1.807) is 12.4 Å². The van der Waals surface area contributed by atoms with Crippen molar-refractivity contribution in [1.82, 2.24) is 5.48 Å². The smallest absolute Gasteiger partial charge is 0.162 e. The molecule has 2 unspecified atom stereocenters. The van der Waals surface area contributed by atoms with Crippen molar-refractivity contribution in [3.63, 3.8) is 0 Å². The highest BCUT2D eigenvalue weighted by Crippen LogP contribution is 2.09. The fourth-order valence-corrected chi connectivity index (χ4v) is 0.468. The number of hydroxylamine groups is 1. The molecule has 56 valence electrons. The molecule has 0 fully saturated rings. The summed E-state index contributed by atoms with van der Waals surface area (Å²) in [6, 6.07) is 0. The van der Waals surface area contributed by atoms with Gasteiger partial charge in [0.25, 0.3) is 0 Å². The van der Waals surface area contributed by atoms with Crippen molar-refractivity contribution in [2.75, 3.05) is 0 Å². The highest BCUT2D eigenvalue weighted by Gasteiger charge is 2.29. The second-order valence-electron chi connectivity index (χ2n) is 2.07. The molecule has 0 amide bonds. The molecule has 0 aliphatic heterocycles. The minimum absolute atomic E-state index is 0.251. The van der Waals surface area contributed by atoms with E-state index in [4.69, 9.17) is 15.4 Å². The van der Waals surface area contributed by atoms with Gasteiger partial charge in [0.2, 0.25) is 0 Å². The summed E-state index contributed by atoms with van der Waals surface area (Å²) in [5.41, 5.74) is 0.0775. The lowest BCUT2D eigenvalue weighted by Crippen LogP contribution is -2.51. The second kappa shape index (κ2) is 3.12. The van der Waals surface area contributed by atoms with Gasteiger partial charge in [-0.3, -0.25) is 0 Å². The van der Waals surface area contributed by atoms with E-state index in [2.05, 4.69) is 0 Å². The Morgan fingerprint density at radius 1 is 1.67 bits per heavy atom. The van der Waals surface area contributed by atoms with Crippen LogP contribution in [-0.2, 0) is 0 Å². The Bertz CT molecular complexity index is 80.3. The third kappa shape index (κ3) is 1.91. The minimum Gasteiger partial charge on any atom is -0.389 e. The van der Waals surface area contributed by atoms with Crippen LogP contribution in [0.2, 0.25) is 0 Å². The first kappa shape index (κ1) is 8.84. The van der Waals surface area contributed by atoms with Gasteiger partial charge in [-0.1, -0.05) is 6.92 Å². The van der Waals surface area contributed by atoms with Crippen molar-refractivity contribution in [3.8, 4) is 0 Å². The zero-order valence-electron chi connectivity index (χ0n) is 5.63. The van der Waals surface area contributed by atoms with Crippen molar-refractivity contribution < 1.29 is 15.4 Å². The largest absolute Gasteiger partial charge is 0.389 e. The number of rotatable bonds is 3. The average Bonchev–Trinajstić information content (AvgIpc) is 1.86. The van der Waals surface area contributed by atoms with Crippen molar-refractivity contribution in [1.29, 1.82) is 0 Å². The van der Waals surface area contributed by atoms with Crippen molar-refractivity contribution in [2.24, 2.45) is 0 Å². The lowest BCUT2D eigenvalue weighted by molar-refractivity contribution is -0.157. The first-order valence-electron chi connectivity index (χ1n) is 2.88. The Labute approximate surface area is 54.1 Å². The van der Waals surface area contributed by atoms with E-state index >= 15 is 0 Å². The molecule has 0 aromatic rings. The molecular formula is C5H13NO3. The molecule has 0 saturated heterocycles. The standard InChI is InChI=1S/C5H13NO3/c1-3-5(8,6-9)4(2)7/h4,6-9H,3H2,1-2H3. The van der Waals surface area contributed by atoms with Crippen LogP contribution in [0.5, 0.6) is 0 Å². The lowest BCUT2D eigenvalue weighted by atomic mass is 10.1. The van der Waals surface area contributed by atoms with Crippen molar-refractivity contribution in [2.45, 2.75) is 32.1 Å². The maximum absolute atomic E-state index is 9.09. The van der Waals surface area contributed by atoms with Crippen molar-refractivity contribution >= 4 is 0 Å². The summed E-state index contributed by atoms with van der Waals surface area (Å²) in [4.78, 5) is 0. The van der Waals surface area contributed by atoms with E-state index in [-0.39, 0.29) is 6.42 Å². The Kier molecular flexibility index (Phi) is 3.07. The Morgan fingerprint density at radius 2 is 2.11 bits per heavy atom. The van der Waals surface area contributed by atoms with Gasteiger partial charge in [-0.05, 0) is 13.3 Å². The highest BCUT2D eigenvalue weighted by molar-refractivity contribution is 4.74. The summed E-state index contributed by atoms with van der Waals surface area (Å²) in [6.45, 7) is 3.04. The Morgan fingerprint density at radius 3 is 2.11 bits per heavy atom. The van der Waals surface area contributed by atoms with E-state index in [1.165, 1.54) is 6.92 Å². The number of hydrogen-bond donors (Lipinski definition) is 4. The molecule has 4 nitrogen and oxygen atoms in total. The van der Waals surface area contributed by atoms with Gasteiger partial charge in [-0.25, -0.2) is 0 Å². The molecule has 0 aromatic carbocycles. The fraction of sp³-hybridized carbons (Fsp3) is 1.00. The molecule has 0 aliphatic carbocycles. The van der Waals surface area contributed by atoms with Crippen LogP contribution in [0.1, 0.15) is 20.3 Å². The van der Waals surface area contributed by atoms with Gasteiger partial charge in [0.1, 0.15) is 0 Å². The summed E-state index contributed by atoms with van der Waals surface area (Å²) >= 11 is 0. The van der Waals surface area contributed by atoms with Crippen LogP contribution in [-0.4, -0.2) is 27.2 Å². The maximum Gasteiger partial charge on any atom is 0.162 e. The topological polar surface area (TPSA) is 72.7 Å². The first-order valence-corrected chi connectivity index (χ1v) is 2.88. The van der Waals surface area contributed by atoms with Crippen LogP contribution in [0.3, 0.4) is 0 Å².